The first kappa shape index (κ1) is 21.7. The number of rotatable bonds is 10. The number of hydrogen-bond donors (Lipinski definition) is 2. The molecule has 1 aromatic heterocycles. The quantitative estimate of drug-likeness (QED) is 0.350. The molecule has 1 aromatic carbocycles. The third kappa shape index (κ3) is 6.54. The molecule has 0 fully saturated rings. The molecular formula is C18H24N4O5S. The van der Waals surface area contributed by atoms with Crippen molar-refractivity contribution in [2.45, 2.75) is 38.1 Å². The van der Waals surface area contributed by atoms with Gasteiger partial charge < -0.3 is 14.8 Å². The molecule has 1 amide bonds. The van der Waals surface area contributed by atoms with Crippen molar-refractivity contribution in [3.05, 3.63) is 40.3 Å². The van der Waals surface area contributed by atoms with Crippen molar-refractivity contribution in [2.75, 3.05) is 24.8 Å². The van der Waals surface area contributed by atoms with E-state index in [9.17, 15) is 14.4 Å². The number of aromatic nitrogens is 3. The highest BCUT2D eigenvalue weighted by atomic mass is 32.2. The molecule has 0 aliphatic rings. The number of H-pyrrole nitrogens is 1. The lowest BCUT2D eigenvalue weighted by Gasteiger charge is -2.09. The first-order valence-corrected chi connectivity index (χ1v) is 9.77. The van der Waals surface area contributed by atoms with Crippen molar-refractivity contribution in [2.24, 2.45) is 0 Å². The highest BCUT2D eigenvalue weighted by Gasteiger charge is 2.12. The van der Waals surface area contributed by atoms with E-state index in [1.54, 1.807) is 45.2 Å². The maximum Gasteiger partial charge on any atom is 0.343 e. The smallest absolute Gasteiger partial charge is 0.343 e. The Morgan fingerprint density at radius 2 is 2.00 bits per heavy atom. The fraction of sp³-hybridized carbons (Fsp3) is 0.444. The van der Waals surface area contributed by atoms with Gasteiger partial charge in [0, 0.05) is 25.9 Å². The number of amides is 1. The second-order valence-electron chi connectivity index (χ2n) is 6.18. The summed E-state index contributed by atoms with van der Waals surface area (Å²) < 4.78 is 11.6. The Morgan fingerprint density at radius 1 is 1.29 bits per heavy atom. The van der Waals surface area contributed by atoms with E-state index in [2.05, 4.69) is 15.5 Å². The molecule has 0 bridgehead atoms. The van der Waals surface area contributed by atoms with Gasteiger partial charge in [-0.2, -0.15) is 0 Å². The number of hydrogen-bond acceptors (Lipinski definition) is 7. The predicted molar refractivity (Wildman–Crippen MR) is 106 cm³/mol. The van der Waals surface area contributed by atoms with Crippen LogP contribution in [0.1, 0.15) is 30.6 Å². The van der Waals surface area contributed by atoms with Gasteiger partial charge in [-0.25, -0.2) is 14.7 Å². The van der Waals surface area contributed by atoms with Gasteiger partial charge in [0.15, 0.2) is 5.16 Å². The zero-order valence-electron chi connectivity index (χ0n) is 16.1. The van der Waals surface area contributed by atoms with E-state index < -0.39 is 5.97 Å². The molecule has 28 heavy (non-hydrogen) atoms. The number of nitrogens with zero attached hydrogens (tertiary/aromatic N) is 2. The first-order chi connectivity index (χ1) is 13.4. The summed E-state index contributed by atoms with van der Waals surface area (Å²) in [5.41, 5.74) is 0.659. The van der Waals surface area contributed by atoms with Gasteiger partial charge in [-0.3, -0.25) is 9.36 Å². The minimum absolute atomic E-state index is 0.0890. The summed E-state index contributed by atoms with van der Waals surface area (Å²) in [6.45, 7) is 4.55. The molecule has 10 heteroatoms. The van der Waals surface area contributed by atoms with Gasteiger partial charge in [0.05, 0.1) is 17.4 Å². The normalized spacial score (nSPS) is 10.9. The molecule has 0 aliphatic carbocycles. The van der Waals surface area contributed by atoms with Crippen LogP contribution in [0.25, 0.3) is 0 Å². The Balaban J connectivity index is 1.88. The van der Waals surface area contributed by atoms with Gasteiger partial charge in [-0.1, -0.05) is 11.8 Å². The minimum Gasteiger partial charge on any atom is -0.459 e. The summed E-state index contributed by atoms with van der Waals surface area (Å²) in [5, 5.41) is 9.52. The first-order valence-electron chi connectivity index (χ1n) is 8.78. The Morgan fingerprint density at radius 3 is 2.64 bits per heavy atom. The van der Waals surface area contributed by atoms with Crippen LogP contribution >= 0.6 is 11.8 Å². The van der Waals surface area contributed by atoms with E-state index in [0.29, 0.717) is 36.0 Å². The molecule has 0 saturated heterocycles. The van der Waals surface area contributed by atoms with E-state index >= 15 is 0 Å². The second-order valence-corrected chi connectivity index (χ2v) is 7.12. The molecule has 0 spiro atoms. The molecule has 1 heterocycles. The van der Waals surface area contributed by atoms with Crippen LogP contribution in [0.15, 0.2) is 34.2 Å². The summed E-state index contributed by atoms with van der Waals surface area (Å²) in [6, 6.07) is 6.45. The van der Waals surface area contributed by atoms with Crippen LogP contribution in [0.4, 0.5) is 5.69 Å². The number of nitrogens with one attached hydrogen (secondary N) is 2. The van der Waals surface area contributed by atoms with E-state index in [1.807, 2.05) is 0 Å². The molecule has 9 nitrogen and oxygen atoms in total. The molecule has 0 radical (unpaired) electrons. The van der Waals surface area contributed by atoms with E-state index in [0.717, 1.165) is 11.8 Å². The van der Waals surface area contributed by atoms with Crippen LogP contribution in [0.5, 0.6) is 0 Å². The number of benzene rings is 1. The summed E-state index contributed by atoms with van der Waals surface area (Å²) in [5.74, 6) is -0.569. The molecule has 0 atom stereocenters. The molecule has 152 valence electrons. The van der Waals surface area contributed by atoms with E-state index in [4.69, 9.17) is 9.47 Å². The number of esters is 1. The summed E-state index contributed by atoms with van der Waals surface area (Å²) in [7, 11) is 1.60. The topological polar surface area (TPSA) is 115 Å². The Bertz CT molecular complexity index is 844. The predicted octanol–water partition coefficient (Wildman–Crippen LogP) is 1.90. The third-order valence-electron chi connectivity index (χ3n) is 3.53. The van der Waals surface area contributed by atoms with Crippen LogP contribution in [-0.2, 0) is 20.8 Å². The van der Waals surface area contributed by atoms with Crippen LogP contribution in [0, 0.1) is 0 Å². The van der Waals surface area contributed by atoms with E-state index in [1.165, 1.54) is 4.57 Å². The average Bonchev–Trinajstić information content (AvgIpc) is 3.00. The highest BCUT2D eigenvalue weighted by molar-refractivity contribution is 7.99. The fourth-order valence-electron chi connectivity index (χ4n) is 2.28. The van der Waals surface area contributed by atoms with Gasteiger partial charge in [-0.15, -0.1) is 5.10 Å². The van der Waals surface area contributed by atoms with Gasteiger partial charge >= 0.3 is 11.7 Å². The monoisotopic (exact) mass is 408 g/mol. The largest absolute Gasteiger partial charge is 0.459 e. The zero-order chi connectivity index (χ0) is 20.5. The molecule has 2 aromatic rings. The standard InChI is InChI=1S/C18H24N4O5S/c1-12(2)27-16(24)13-5-7-14(8-6-13)19-15(23)11-28-18-21-20-17(25)22(18)9-4-10-26-3/h5-8,12H,4,9-11H2,1-3H3,(H,19,23)(H,20,25). The number of aromatic amines is 1. The lowest BCUT2D eigenvalue weighted by Crippen LogP contribution is -2.19. The highest BCUT2D eigenvalue weighted by Crippen LogP contribution is 2.15. The van der Waals surface area contributed by atoms with Crippen LogP contribution in [0.3, 0.4) is 0 Å². The second kappa shape index (κ2) is 10.7. The number of carbonyl (C=O) groups excluding carboxylic acids is 2. The summed E-state index contributed by atoms with van der Waals surface area (Å²) >= 11 is 1.16. The van der Waals surface area contributed by atoms with E-state index in [-0.39, 0.29) is 23.5 Å². The van der Waals surface area contributed by atoms with Gasteiger partial charge in [0.2, 0.25) is 5.91 Å². The van der Waals surface area contributed by atoms with Crippen molar-refractivity contribution in [1.29, 1.82) is 0 Å². The minimum atomic E-state index is -0.409. The van der Waals surface area contributed by atoms with Crippen molar-refractivity contribution >= 4 is 29.3 Å². The Labute approximate surface area is 166 Å². The zero-order valence-corrected chi connectivity index (χ0v) is 16.9. The Kier molecular flexibility index (Phi) is 8.27. The molecule has 2 N–H and O–H groups in total. The molecule has 2 rings (SSSR count). The number of anilines is 1. The molecular weight excluding hydrogens is 384 g/mol. The number of methoxy groups -OCH3 is 1. The van der Waals surface area contributed by atoms with Crippen molar-refractivity contribution < 1.29 is 19.1 Å². The van der Waals surface area contributed by atoms with Crippen molar-refractivity contribution in [3.63, 3.8) is 0 Å². The average molecular weight is 408 g/mol. The number of thioether (sulfide) groups is 1. The molecule has 0 unspecified atom stereocenters. The lowest BCUT2D eigenvalue weighted by molar-refractivity contribution is -0.113. The van der Waals surface area contributed by atoms with Crippen LogP contribution < -0.4 is 11.0 Å². The van der Waals surface area contributed by atoms with Gasteiger partial charge in [0.1, 0.15) is 0 Å². The fourth-order valence-corrected chi connectivity index (χ4v) is 3.05. The summed E-state index contributed by atoms with van der Waals surface area (Å²) in [6.07, 6.45) is 0.472. The lowest BCUT2D eigenvalue weighted by atomic mass is 10.2. The number of ether oxygens (including phenoxy) is 2. The van der Waals surface area contributed by atoms with Crippen LogP contribution in [0.2, 0.25) is 0 Å². The third-order valence-corrected chi connectivity index (χ3v) is 4.51. The summed E-state index contributed by atoms with van der Waals surface area (Å²) in [4.78, 5) is 35.8. The molecule has 0 saturated carbocycles. The van der Waals surface area contributed by atoms with Crippen molar-refractivity contribution in [3.8, 4) is 0 Å². The Hall–Kier alpha value is -2.59. The van der Waals surface area contributed by atoms with Gasteiger partial charge in [0.25, 0.3) is 0 Å². The maximum absolute atomic E-state index is 12.2. The number of carbonyl (C=O) groups is 2. The SMILES string of the molecule is COCCCn1c(SCC(=O)Nc2ccc(C(=O)OC(C)C)cc2)n[nH]c1=O. The molecule has 0 aliphatic heterocycles. The van der Waals surface area contributed by atoms with Gasteiger partial charge in [-0.05, 0) is 44.5 Å². The van der Waals surface area contributed by atoms with Crippen LogP contribution in [-0.4, -0.2) is 52.2 Å². The maximum atomic E-state index is 12.2. The van der Waals surface area contributed by atoms with Crippen molar-refractivity contribution in [1.82, 2.24) is 14.8 Å².